The number of rotatable bonds is 6. The van der Waals surface area contributed by atoms with Gasteiger partial charge < -0.3 is 10.2 Å². The molecule has 2 amide bonds. The number of nitrogens with zero attached hydrogens (tertiary/aromatic N) is 2. The molecule has 0 bridgehead atoms. The summed E-state index contributed by atoms with van der Waals surface area (Å²) in [6.45, 7) is 3.56. The number of benzene rings is 1. The highest BCUT2D eigenvalue weighted by Gasteiger charge is 2.25. The minimum Gasteiger partial charge on any atom is -0.356 e. The van der Waals surface area contributed by atoms with Gasteiger partial charge in [0.2, 0.25) is 11.8 Å². The molecule has 3 rings (SSSR count). The molecule has 7 heteroatoms. The first-order chi connectivity index (χ1) is 13.5. The van der Waals surface area contributed by atoms with Crippen molar-refractivity contribution in [2.75, 3.05) is 19.6 Å². The second-order valence-electron chi connectivity index (χ2n) is 6.89. The maximum absolute atomic E-state index is 12.6. The third kappa shape index (κ3) is 5.66. The molecule has 1 aliphatic rings. The molecule has 0 spiro atoms. The lowest BCUT2D eigenvalue weighted by atomic mass is 9.98. The molecule has 5 nitrogen and oxygen atoms in total. The highest BCUT2D eigenvalue weighted by Crippen LogP contribution is 2.29. The largest absolute Gasteiger partial charge is 0.356 e. The second-order valence-corrected chi connectivity index (χ2v) is 8.19. The van der Waals surface area contributed by atoms with Gasteiger partial charge >= 0.3 is 0 Å². The van der Waals surface area contributed by atoms with Crippen LogP contribution in [0.25, 0.3) is 6.08 Å². The van der Waals surface area contributed by atoms with Crippen molar-refractivity contribution in [3.05, 3.63) is 57.0 Å². The topological polar surface area (TPSA) is 62.3 Å². The molecule has 2 heterocycles. The van der Waals surface area contributed by atoms with Crippen LogP contribution in [0.15, 0.2) is 35.7 Å². The van der Waals surface area contributed by atoms with E-state index in [1.165, 1.54) is 6.92 Å². The van der Waals surface area contributed by atoms with Gasteiger partial charge in [-0.25, -0.2) is 4.98 Å². The van der Waals surface area contributed by atoms with Crippen LogP contribution in [0.3, 0.4) is 0 Å². The Balaban J connectivity index is 1.58. The summed E-state index contributed by atoms with van der Waals surface area (Å²) in [5.74, 6) is 0.250. The highest BCUT2D eigenvalue weighted by molar-refractivity contribution is 7.09. The number of hydrogen-bond acceptors (Lipinski definition) is 4. The lowest BCUT2D eigenvalue weighted by Crippen LogP contribution is -2.38. The van der Waals surface area contributed by atoms with Gasteiger partial charge in [0, 0.05) is 55.4 Å². The molecule has 0 saturated carbocycles. The number of hydrogen-bond donors (Lipinski definition) is 1. The van der Waals surface area contributed by atoms with Crippen molar-refractivity contribution in [3.63, 3.8) is 0 Å². The van der Waals surface area contributed by atoms with E-state index in [1.54, 1.807) is 23.5 Å². The van der Waals surface area contributed by atoms with Gasteiger partial charge in [-0.2, -0.15) is 0 Å². The van der Waals surface area contributed by atoms with Gasteiger partial charge in [-0.1, -0.05) is 29.8 Å². The first-order valence-corrected chi connectivity index (χ1v) is 10.7. The van der Waals surface area contributed by atoms with Gasteiger partial charge in [0.05, 0.1) is 10.7 Å². The van der Waals surface area contributed by atoms with Crippen LogP contribution in [0.1, 0.15) is 41.9 Å². The van der Waals surface area contributed by atoms with E-state index in [9.17, 15) is 9.59 Å². The van der Waals surface area contributed by atoms with Crippen LogP contribution in [0.2, 0.25) is 5.02 Å². The fourth-order valence-corrected chi connectivity index (χ4v) is 4.43. The maximum atomic E-state index is 12.6. The smallest absolute Gasteiger partial charge is 0.246 e. The summed E-state index contributed by atoms with van der Waals surface area (Å²) in [7, 11) is 0. The van der Waals surface area contributed by atoms with E-state index in [4.69, 9.17) is 16.6 Å². The Bertz CT molecular complexity index is 865. The van der Waals surface area contributed by atoms with Crippen LogP contribution in [-0.4, -0.2) is 41.3 Å². The van der Waals surface area contributed by atoms with Gasteiger partial charge in [0.15, 0.2) is 0 Å². The van der Waals surface area contributed by atoms with E-state index >= 15 is 0 Å². The normalized spacial score (nSPS) is 17.1. The number of likely N-dealkylation sites (tertiary alicyclic amines) is 1. The fourth-order valence-electron chi connectivity index (χ4n) is 3.25. The number of aromatic nitrogens is 1. The summed E-state index contributed by atoms with van der Waals surface area (Å²) < 4.78 is 0. The van der Waals surface area contributed by atoms with Crippen molar-refractivity contribution < 1.29 is 9.59 Å². The predicted octanol–water partition coefficient (Wildman–Crippen LogP) is 3.89. The van der Waals surface area contributed by atoms with Crippen LogP contribution >= 0.6 is 22.9 Å². The quantitative estimate of drug-likeness (QED) is 0.725. The molecule has 28 heavy (non-hydrogen) atoms. The Morgan fingerprint density at radius 1 is 1.39 bits per heavy atom. The van der Waals surface area contributed by atoms with E-state index in [1.807, 2.05) is 29.2 Å². The standard InChI is InChI=1S/C21H24ClN3O2S/c1-15(26)23-11-10-18-14-28-21(24-18)17-6-4-12-25(13-17)20(27)9-8-16-5-2-3-7-19(16)22/h2-3,5,7-9,14,17H,4,6,10-13H2,1H3,(H,23,26)/b9-8+. The molecular formula is C21H24ClN3O2S. The van der Waals surface area contributed by atoms with Gasteiger partial charge in [-0.15, -0.1) is 11.3 Å². The monoisotopic (exact) mass is 417 g/mol. The summed E-state index contributed by atoms with van der Waals surface area (Å²) in [5, 5.41) is 6.55. The first-order valence-electron chi connectivity index (χ1n) is 9.43. The molecule has 1 fully saturated rings. The van der Waals surface area contributed by atoms with Crippen molar-refractivity contribution in [1.29, 1.82) is 0 Å². The van der Waals surface area contributed by atoms with Crippen molar-refractivity contribution in [2.45, 2.75) is 32.1 Å². The molecule has 148 valence electrons. The van der Waals surface area contributed by atoms with Gasteiger partial charge in [0.25, 0.3) is 0 Å². The molecule has 2 aromatic rings. The Morgan fingerprint density at radius 2 is 2.21 bits per heavy atom. The Morgan fingerprint density at radius 3 is 3.00 bits per heavy atom. The fraction of sp³-hybridized carbons (Fsp3) is 0.381. The summed E-state index contributed by atoms with van der Waals surface area (Å²) >= 11 is 7.79. The summed E-state index contributed by atoms with van der Waals surface area (Å²) in [6, 6.07) is 7.48. The van der Waals surface area contributed by atoms with Gasteiger partial charge in [0.1, 0.15) is 0 Å². The number of amides is 2. The minimum absolute atomic E-state index is 0.00653. The molecule has 0 aliphatic carbocycles. The lowest BCUT2D eigenvalue weighted by molar-refractivity contribution is -0.127. The maximum Gasteiger partial charge on any atom is 0.246 e. The van der Waals surface area contributed by atoms with Crippen LogP contribution in [0, 0.1) is 0 Å². The molecule has 1 unspecified atom stereocenters. The van der Waals surface area contributed by atoms with Crippen LogP contribution in [0.4, 0.5) is 0 Å². The average Bonchev–Trinajstić information content (AvgIpc) is 3.16. The zero-order chi connectivity index (χ0) is 19.9. The van der Waals surface area contributed by atoms with Crippen molar-refractivity contribution >= 4 is 40.8 Å². The molecule has 0 radical (unpaired) electrons. The van der Waals surface area contributed by atoms with Gasteiger partial charge in [-0.3, -0.25) is 9.59 Å². The number of piperidine rings is 1. The minimum atomic E-state index is -0.0262. The molecule has 1 aromatic carbocycles. The van der Waals surface area contributed by atoms with E-state index in [0.29, 0.717) is 18.1 Å². The number of thiazole rings is 1. The third-order valence-electron chi connectivity index (χ3n) is 4.72. The summed E-state index contributed by atoms with van der Waals surface area (Å²) in [4.78, 5) is 30.2. The second kappa shape index (κ2) is 9.85. The van der Waals surface area contributed by atoms with E-state index < -0.39 is 0 Å². The number of carbonyl (C=O) groups excluding carboxylic acids is 2. The highest BCUT2D eigenvalue weighted by atomic mass is 35.5. The summed E-state index contributed by atoms with van der Waals surface area (Å²) in [5.41, 5.74) is 1.84. The van der Waals surface area contributed by atoms with Crippen LogP contribution < -0.4 is 5.32 Å². The van der Waals surface area contributed by atoms with Crippen LogP contribution in [0.5, 0.6) is 0 Å². The Labute approximate surface area is 174 Å². The van der Waals surface area contributed by atoms with Crippen molar-refractivity contribution in [3.8, 4) is 0 Å². The molecule has 1 atom stereocenters. The average molecular weight is 418 g/mol. The van der Waals surface area contributed by atoms with E-state index in [-0.39, 0.29) is 17.7 Å². The zero-order valence-electron chi connectivity index (χ0n) is 15.9. The first kappa shape index (κ1) is 20.6. The zero-order valence-corrected chi connectivity index (χ0v) is 17.4. The molecule has 1 saturated heterocycles. The number of halogens is 1. The van der Waals surface area contributed by atoms with Crippen molar-refractivity contribution in [2.24, 2.45) is 0 Å². The number of carbonyl (C=O) groups is 2. The molecule has 1 aliphatic heterocycles. The lowest BCUT2D eigenvalue weighted by Gasteiger charge is -2.31. The molecular weight excluding hydrogens is 394 g/mol. The van der Waals surface area contributed by atoms with Crippen LogP contribution in [-0.2, 0) is 16.0 Å². The van der Waals surface area contributed by atoms with E-state index in [0.717, 1.165) is 42.1 Å². The van der Waals surface area contributed by atoms with E-state index in [2.05, 4.69) is 10.7 Å². The third-order valence-corrected chi connectivity index (χ3v) is 6.12. The van der Waals surface area contributed by atoms with Crippen molar-refractivity contribution in [1.82, 2.24) is 15.2 Å². The number of nitrogens with one attached hydrogen (secondary N) is 1. The predicted molar refractivity (Wildman–Crippen MR) is 114 cm³/mol. The Hall–Kier alpha value is -2.18. The molecule has 1 aromatic heterocycles. The summed E-state index contributed by atoms with van der Waals surface area (Å²) in [6.07, 6.45) is 6.11. The van der Waals surface area contributed by atoms with Gasteiger partial charge in [-0.05, 0) is 30.5 Å². The molecule has 1 N–H and O–H groups in total. The Kier molecular flexibility index (Phi) is 7.23. The SMILES string of the molecule is CC(=O)NCCc1csc(C2CCCN(C(=O)/C=C/c3ccccc3Cl)C2)n1.